The van der Waals surface area contributed by atoms with Gasteiger partial charge in [0.05, 0.1) is 13.7 Å². The highest BCUT2D eigenvalue weighted by molar-refractivity contribution is 5.87. The number of unbranched alkanes of at least 4 members (excludes halogenated alkanes) is 4. The van der Waals surface area contributed by atoms with Crippen LogP contribution >= 0.6 is 0 Å². The highest BCUT2D eigenvalue weighted by Gasteiger charge is 2.01. The summed E-state index contributed by atoms with van der Waals surface area (Å²) in [7, 11) is 1.61. The monoisotopic (exact) mass is 376 g/mol. The Morgan fingerprint density at radius 2 is 1.78 bits per heavy atom. The van der Waals surface area contributed by atoms with Crippen LogP contribution < -0.4 is 15.8 Å². The predicted molar refractivity (Wildman–Crippen MR) is 107 cm³/mol. The summed E-state index contributed by atoms with van der Waals surface area (Å²) in [6.07, 6.45) is 9.15. The van der Waals surface area contributed by atoms with Crippen molar-refractivity contribution in [1.82, 2.24) is 5.32 Å². The quantitative estimate of drug-likeness (QED) is 0.296. The lowest BCUT2D eigenvalue weighted by Crippen LogP contribution is -2.24. The van der Waals surface area contributed by atoms with Crippen molar-refractivity contribution < 1.29 is 19.1 Å². The molecule has 6 heteroatoms. The third kappa shape index (κ3) is 11.8. The predicted octanol–water partition coefficient (Wildman–Crippen LogP) is 3.06. The summed E-state index contributed by atoms with van der Waals surface area (Å²) in [5.41, 5.74) is 6.32. The number of carbonyl (C=O) groups is 2. The highest BCUT2D eigenvalue weighted by Crippen LogP contribution is 2.12. The summed E-state index contributed by atoms with van der Waals surface area (Å²) in [6.45, 7) is 1.74. The Morgan fingerprint density at radius 3 is 2.48 bits per heavy atom. The number of esters is 1. The molecule has 27 heavy (non-hydrogen) atoms. The highest BCUT2D eigenvalue weighted by atomic mass is 16.5. The second-order valence-electron chi connectivity index (χ2n) is 6.28. The third-order valence-corrected chi connectivity index (χ3v) is 4.02. The maximum Gasteiger partial charge on any atom is 0.330 e. The molecular formula is C21H32N2O4. The molecule has 0 radical (unpaired) electrons. The fraction of sp³-hybridized carbons (Fsp3) is 0.524. The van der Waals surface area contributed by atoms with Crippen LogP contribution in [0, 0.1) is 0 Å². The Morgan fingerprint density at radius 1 is 1.04 bits per heavy atom. The van der Waals surface area contributed by atoms with Gasteiger partial charge in [-0.1, -0.05) is 18.6 Å². The summed E-state index contributed by atoms with van der Waals surface area (Å²) in [6, 6.07) is 7.41. The molecule has 6 nitrogen and oxygen atoms in total. The molecule has 0 atom stereocenters. The first-order chi connectivity index (χ1) is 13.2. The van der Waals surface area contributed by atoms with Gasteiger partial charge >= 0.3 is 5.97 Å². The standard InChI is InChI=1S/C21H32N2O4/c1-26-19-12-9-18(10-13-19)11-14-21(25)27-17-7-3-6-16-23-20(24)8-4-2-5-15-22/h9-14H,2-8,15-17,22H2,1H3,(H,23,24)/b14-11+. The summed E-state index contributed by atoms with van der Waals surface area (Å²) in [5, 5.41) is 2.91. The maximum absolute atomic E-state index is 11.7. The zero-order valence-electron chi connectivity index (χ0n) is 16.2. The number of rotatable bonds is 14. The van der Waals surface area contributed by atoms with Gasteiger partial charge in [0.15, 0.2) is 0 Å². The van der Waals surface area contributed by atoms with Gasteiger partial charge in [-0.3, -0.25) is 4.79 Å². The van der Waals surface area contributed by atoms with Crippen LogP contribution in [-0.2, 0) is 14.3 Å². The molecule has 0 fully saturated rings. The normalized spacial score (nSPS) is 10.7. The van der Waals surface area contributed by atoms with Crippen molar-refractivity contribution in [2.45, 2.75) is 44.9 Å². The number of nitrogens with two attached hydrogens (primary N) is 1. The zero-order chi connectivity index (χ0) is 19.7. The van der Waals surface area contributed by atoms with E-state index < -0.39 is 0 Å². The van der Waals surface area contributed by atoms with E-state index in [9.17, 15) is 9.59 Å². The SMILES string of the molecule is COc1ccc(/C=C/C(=O)OCCCCCNC(=O)CCCCCN)cc1. The topological polar surface area (TPSA) is 90.6 Å². The van der Waals surface area contributed by atoms with Crippen molar-refractivity contribution in [3.05, 3.63) is 35.9 Å². The Labute approximate surface area is 162 Å². The fourth-order valence-corrected chi connectivity index (χ4v) is 2.43. The van der Waals surface area contributed by atoms with Crippen LogP contribution in [0.15, 0.2) is 30.3 Å². The summed E-state index contributed by atoms with van der Waals surface area (Å²) in [4.78, 5) is 23.2. The van der Waals surface area contributed by atoms with Crippen molar-refractivity contribution in [3.63, 3.8) is 0 Å². The number of benzene rings is 1. The molecule has 0 aliphatic heterocycles. The van der Waals surface area contributed by atoms with E-state index in [0.29, 0.717) is 26.1 Å². The van der Waals surface area contributed by atoms with Crippen molar-refractivity contribution in [1.29, 1.82) is 0 Å². The lowest BCUT2D eigenvalue weighted by atomic mass is 10.2. The smallest absolute Gasteiger partial charge is 0.330 e. The van der Waals surface area contributed by atoms with Crippen LogP contribution in [0.3, 0.4) is 0 Å². The van der Waals surface area contributed by atoms with Crippen LogP contribution in [0.1, 0.15) is 50.5 Å². The van der Waals surface area contributed by atoms with Gasteiger partial charge in [0.2, 0.25) is 5.91 Å². The minimum atomic E-state index is -0.350. The first-order valence-corrected chi connectivity index (χ1v) is 9.61. The zero-order valence-corrected chi connectivity index (χ0v) is 16.2. The number of hydrogen-bond donors (Lipinski definition) is 2. The number of ether oxygens (including phenoxy) is 2. The van der Waals surface area contributed by atoms with E-state index in [-0.39, 0.29) is 11.9 Å². The second-order valence-corrected chi connectivity index (χ2v) is 6.28. The van der Waals surface area contributed by atoms with Gasteiger partial charge in [0.1, 0.15) is 5.75 Å². The Kier molecular flexibility index (Phi) is 12.4. The molecule has 3 N–H and O–H groups in total. The van der Waals surface area contributed by atoms with Crippen molar-refractivity contribution in [3.8, 4) is 5.75 Å². The summed E-state index contributed by atoms with van der Waals surface area (Å²) in [5.74, 6) is 0.524. The molecule has 0 saturated carbocycles. The van der Waals surface area contributed by atoms with Crippen LogP contribution in [0.25, 0.3) is 6.08 Å². The Balaban J connectivity index is 2.01. The van der Waals surface area contributed by atoms with Crippen molar-refractivity contribution in [2.75, 3.05) is 26.8 Å². The first kappa shape index (κ1) is 22.7. The average molecular weight is 376 g/mol. The van der Waals surface area contributed by atoms with Crippen molar-refractivity contribution in [2.24, 2.45) is 5.73 Å². The van der Waals surface area contributed by atoms with E-state index in [0.717, 1.165) is 49.8 Å². The average Bonchev–Trinajstić information content (AvgIpc) is 2.69. The van der Waals surface area contributed by atoms with Gasteiger partial charge < -0.3 is 20.5 Å². The number of methoxy groups -OCH3 is 1. The molecule has 0 aliphatic rings. The number of hydrogen-bond acceptors (Lipinski definition) is 5. The number of amides is 1. The summed E-state index contributed by atoms with van der Waals surface area (Å²) < 4.78 is 10.2. The van der Waals surface area contributed by atoms with Gasteiger partial charge in [-0.2, -0.15) is 0 Å². The molecule has 0 saturated heterocycles. The van der Waals surface area contributed by atoms with Gasteiger partial charge in [0, 0.05) is 19.0 Å². The molecule has 1 aromatic carbocycles. The van der Waals surface area contributed by atoms with E-state index in [1.165, 1.54) is 6.08 Å². The molecule has 1 amide bonds. The van der Waals surface area contributed by atoms with Gasteiger partial charge in [-0.15, -0.1) is 0 Å². The minimum Gasteiger partial charge on any atom is -0.497 e. The second kappa shape index (κ2) is 14.8. The lowest BCUT2D eigenvalue weighted by Gasteiger charge is -2.05. The van der Waals surface area contributed by atoms with Crippen LogP contribution in [0.4, 0.5) is 0 Å². The molecule has 0 spiro atoms. The molecule has 150 valence electrons. The fourth-order valence-electron chi connectivity index (χ4n) is 2.43. The molecule has 0 aliphatic carbocycles. The lowest BCUT2D eigenvalue weighted by molar-refractivity contribution is -0.137. The van der Waals surface area contributed by atoms with E-state index in [1.54, 1.807) is 13.2 Å². The first-order valence-electron chi connectivity index (χ1n) is 9.61. The van der Waals surface area contributed by atoms with Gasteiger partial charge in [0.25, 0.3) is 0 Å². The van der Waals surface area contributed by atoms with Crippen molar-refractivity contribution >= 4 is 18.0 Å². The Hall–Kier alpha value is -2.34. The Bertz CT molecular complexity index is 570. The van der Waals surface area contributed by atoms with E-state index in [4.69, 9.17) is 15.2 Å². The van der Waals surface area contributed by atoms with E-state index >= 15 is 0 Å². The van der Waals surface area contributed by atoms with Crippen LogP contribution in [0.5, 0.6) is 5.75 Å². The van der Waals surface area contributed by atoms with E-state index in [2.05, 4.69) is 5.32 Å². The molecule has 0 aromatic heterocycles. The van der Waals surface area contributed by atoms with Gasteiger partial charge in [-0.05, 0) is 62.4 Å². The molecule has 0 heterocycles. The minimum absolute atomic E-state index is 0.0992. The molecule has 0 bridgehead atoms. The third-order valence-electron chi connectivity index (χ3n) is 4.02. The van der Waals surface area contributed by atoms with E-state index in [1.807, 2.05) is 24.3 Å². The largest absolute Gasteiger partial charge is 0.497 e. The maximum atomic E-state index is 11.7. The summed E-state index contributed by atoms with van der Waals surface area (Å²) >= 11 is 0. The molecule has 1 rings (SSSR count). The number of carbonyl (C=O) groups excluding carboxylic acids is 2. The van der Waals surface area contributed by atoms with Crippen LogP contribution in [-0.4, -0.2) is 38.7 Å². The number of nitrogens with one attached hydrogen (secondary N) is 1. The molecule has 1 aromatic rings. The molecule has 0 unspecified atom stereocenters. The molecular weight excluding hydrogens is 344 g/mol. The van der Waals surface area contributed by atoms with Gasteiger partial charge in [-0.25, -0.2) is 4.79 Å². The van der Waals surface area contributed by atoms with Crippen LogP contribution in [0.2, 0.25) is 0 Å².